The zero-order chi connectivity index (χ0) is 12.7. The van der Waals surface area contributed by atoms with Gasteiger partial charge in [-0.2, -0.15) is 0 Å². The highest BCUT2D eigenvalue weighted by atomic mass is 16.5. The summed E-state index contributed by atoms with van der Waals surface area (Å²) in [6.07, 6.45) is 1.13. The number of aliphatic carboxylic acids is 1. The fraction of sp³-hybridized carbons (Fsp3) is 0.308. The van der Waals surface area contributed by atoms with E-state index in [0.29, 0.717) is 17.9 Å². The highest BCUT2D eigenvalue weighted by molar-refractivity contribution is 5.80. The van der Waals surface area contributed by atoms with Crippen LogP contribution in [0.1, 0.15) is 13.8 Å². The van der Waals surface area contributed by atoms with E-state index in [1.165, 1.54) is 0 Å². The lowest BCUT2D eigenvalue weighted by Gasteiger charge is -2.08. The van der Waals surface area contributed by atoms with E-state index < -0.39 is 5.97 Å². The topological polar surface area (TPSA) is 55.8 Å². The van der Waals surface area contributed by atoms with Gasteiger partial charge in [-0.15, -0.1) is 0 Å². The fourth-order valence-corrected chi connectivity index (χ4v) is 1.27. The smallest absolute Gasteiger partial charge is 0.328 e. The van der Waals surface area contributed by atoms with Crippen molar-refractivity contribution in [1.29, 1.82) is 0 Å². The van der Waals surface area contributed by atoms with Crippen LogP contribution in [0.15, 0.2) is 35.9 Å². The van der Waals surface area contributed by atoms with Crippen LogP contribution in [0, 0.1) is 0 Å². The number of rotatable bonds is 6. The summed E-state index contributed by atoms with van der Waals surface area (Å²) < 4.78 is 10.8. The molecular formula is C13H16O4. The van der Waals surface area contributed by atoms with Gasteiger partial charge < -0.3 is 14.6 Å². The highest BCUT2D eigenvalue weighted by Gasteiger charge is 1.99. The molecule has 0 fully saturated rings. The molecule has 1 rings (SSSR count). The second-order valence-electron chi connectivity index (χ2n) is 3.53. The van der Waals surface area contributed by atoms with Crippen molar-refractivity contribution in [3.63, 3.8) is 0 Å². The van der Waals surface area contributed by atoms with E-state index in [-0.39, 0.29) is 6.61 Å². The maximum atomic E-state index is 10.4. The Balaban J connectivity index is 2.57. The van der Waals surface area contributed by atoms with Gasteiger partial charge in [-0.05, 0) is 31.6 Å². The largest absolute Gasteiger partial charge is 0.494 e. The van der Waals surface area contributed by atoms with Crippen molar-refractivity contribution in [2.75, 3.05) is 13.2 Å². The number of hydrogen-bond acceptors (Lipinski definition) is 3. The zero-order valence-corrected chi connectivity index (χ0v) is 9.97. The second-order valence-corrected chi connectivity index (χ2v) is 3.53. The van der Waals surface area contributed by atoms with E-state index in [1.54, 1.807) is 19.1 Å². The van der Waals surface area contributed by atoms with Gasteiger partial charge in [0.2, 0.25) is 0 Å². The normalized spacial score (nSPS) is 11.1. The Hall–Kier alpha value is -1.97. The van der Waals surface area contributed by atoms with Crippen molar-refractivity contribution < 1.29 is 19.4 Å². The van der Waals surface area contributed by atoms with Gasteiger partial charge in [-0.1, -0.05) is 6.07 Å². The lowest BCUT2D eigenvalue weighted by atomic mass is 10.3. The highest BCUT2D eigenvalue weighted by Crippen LogP contribution is 2.19. The molecule has 0 bridgehead atoms. The van der Waals surface area contributed by atoms with Crippen molar-refractivity contribution in [1.82, 2.24) is 0 Å². The lowest BCUT2D eigenvalue weighted by Crippen LogP contribution is -2.01. The molecule has 0 aliphatic carbocycles. The van der Waals surface area contributed by atoms with Crippen LogP contribution in [0.3, 0.4) is 0 Å². The zero-order valence-electron chi connectivity index (χ0n) is 9.97. The molecule has 1 aromatic rings. The maximum absolute atomic E-state index is 10.4. The molecule has 0 heterocycles. The molecule has 0 unspecified atom stereocenters. The molecule has 0 amide bonds. The van der Waals surface area contributed by atoms with Crippen LogP contribution in [-0.2, 0) is 4.79 Å². The van der Waals surface area contributed by atoms with Gasteiger partial charge in [0.15, 0.2) is 0 Å². The Morgan fingerprint density at radius 1 is 1.35 bits per heavy atom. The van der Waals surface area contributed by atoms with Crippen molar-refractivity contribution in [2.24, 2.45) is 0 Å². The minimum atomic E-state index is -0.964. The molecule has 1 N–H and O–H groups in total. The summed E-state index contributed by atoms with van der Waals surface area (Å²) >= 11 is 0. The van der Waals surface area contributed by atoms with Crippen molar-refractivity contribution in [2.45, 2.75) is 13.8 Å². The van der Waals surface area contributed by atoms with E-state index in [2.05, 4.69) is 0 Å². The third kappa shape index (κ3) is 5.06. The third-order valence-electron chi connectivity index (χ3n) is 1.95. The van der Waals surface area contributed by atoms with Crippen molar-refractivity contribution in [3.05, 3.63) is 35.9 Å². The Morgan fingerprint density at radius 2 is 2.00 bits per heavy atom. The Kier molecular flexibility index (Phi) is 5.07. The number of carboxylic acids is 1. The average molecular weight is 236 g/mol. The maximum Gasteiger partial charge on any atom is 0.328 e. The van der Waals surface area contributed by atoms with E-state index in [4.69, 9.17) is 14.6 Å². The molecule has 0 saturated heterocycles. The Labute approximate surface area is 100 Å². The summed E-state index contributed by atoms with van der Waals surface area (Å²) in [6, 6.07) is 7.25. The Morgan fingerprint density at radius 3 is 2.59 bits per heavy atom. The second kappa shape index (κ2) is 6.58. The Bertz CT molecular complexity index is 410. The fourth-order valence-electron chi connectivity index (χ4n) is 1.27. The standard InChI is InChI=1S/C13H16O4/c1-3-16-11-5-4-6-12(8-11)17-9-10(2)7-13(14)15/h4-8H,3,9H2,1-2H3,(H,14,15)/b10-7+. The summed E-state index contributed by atoms with van der Waals surface area (Å²) in [6.45, 7) is 4.47. The predicted octanol–water partition coefficient (Wildman–Crippen LogP) is 2.50. The molecule has 92 valence electrons. The van der Waals surface area contributed by atoms with Crippen molar-refractivity contribution >= 4 is 5.97 Å². The summed E-state index contributed by atoms with van der Waals surface area (Å²) in [7, 11) is 0. The SMILES string of the molecule is CCOc1cccc(OC/C(C)=C/C(=O)O)c1. The molecule has 0 spiro atoms. The molecular weight excluding hydrogens is 220 g/mol. The monoisotopic (exact) mass is 236 g/mol. The van der Waals surface area contributed by atoms with Gasteiger partial charge in [-0.3, -0.25) is 0 Å². The van der Waals surface area contributed by atoms with Crippen LogP contribution in [0.25, 0.3) is 0 Å². The number of hydrogen-bond donors (Lipinski definition) is 1. The molecule has 0 aliphatic rings. The minimum Gasteiger partial charge on any atom is -0.494 e. The summed E-state index contributed by atoms with van der Waals surface area (Å²) in [5.41, 5.74) is 0.652. The number of ether oxygens (including phenoxy) is 2. The molecule has 4 nitrogen and oxygen atoms in total. The molecule has 0 radical (unpaired) electrons. The van der Waals surface area contributed by atoms with E-state index in [9.17, 15) is 4.79 Å². The molecule has 0 saturated carbocycles. The van der Waals surface area contributed by atoms with E-state index in [0.717, 1.165) is 11.8 Å². The van der Waals surface area contributed by atoms with Crippen LogP contribution in [0.4, 0.5) is 0 Å². The molecule has 0 atom stereocenters. The first kappa shape index (κ1) is 13.1. The quantitative estimate of drug-likeness (QED) is 0.771. The van der Waals surface area contributed by atoms with E-state index in [1.807, 2.05) is 19.1 Å². The van der Waals surface area contributed by atoms with Crippen LogP contribution >= 0.6 is 0 Å². The summed E-state index contributed by atoms with van der Waals surface area (Å²) in [4.78, 5) is 10.4. The van der Waals surface area contributed by atoms with Gasteiger partial charge in [0, 0.05) is 12.1 Å². The molecule has 17 heavy (non-hydrogen) atoms. The van der Waals surface area contributed by atoms with Crippen LogP contribution in [0.5, 0.6) is 11.5 Å². The van der Waals surface area contributed by atoms with Gasteiger partial charge in [0.25, 0.3) is 0 Å². The summed E-state index contributed by atoms with van der Waals surface area (Å²) in [5, 5.41) is 8.54. The van der Waals surface area contributed by atoms with Crippen LogP contribution in [-0.4, -0.2) is 24.3 Å². The average Bonchev–Trinajstić information content (AvgIpc) is 2.26. The third-order valence-corrected chi connectivity index (χ3v) is 1.95. The minimum absolute atomic E-state index is 0.252. The van der Waals surface area contributed by atoms with Gasteiger partial charge in [0.1, 0.15) is 18.1 Å². The van der Waals surface area contributed by atoms with Crippen LogP contribution < -0.4 is 9.47 Å². The van der Waals surface area contributed by atoms with E-state index >= 15 is 0 Å². The molecule has 4 heteroatoms. The molecule has 0 aliphatic heterocycles. The number of carbonyl (C=O) groups is 1. The van der Waals surface area contributed by atoms with Gasteiger partial charge >= 0.3 is 5.97 Å². The van der Waals surface area contributed by atoms with Gasteiger partial charge in [0.05, 0.1) is 6.61 Å². The van der Waals surface area contributed by atoms with Crippen molar-refractivity contribution in [3.8, 4) is 11.5 Å². The predicted molar refractivity (Wildman–Crippen MR) is 64.5 cm³/mol. The number of carboxylic acid groups (broad SMARTS) is 1. The molecule has 1 aromatic carbocycles. The van der Waals surface area contributed by atoms with Crippen LogP contribution in [0.2, 0.25) is 0 Å². The first-order chi connectivity index (χ1) is 8.11. The number of benzene rings is 1. The first-order valence-electron chi connectivity index (χ1n) is 5.37. The summed E-state index contributed by atoms with van der Waals surface area (Å²) in [5.74, 6) is 0.438. The first-order valence-corrected chi connectivity index (χ1v) is 5.37. The lowest BCUT2D eigenvalue weighted by molar-refractivity contribution is -0.131. The molecule has 0 aromatic heterocycles. The van der Waals surface area contributed by atoms with Gasteiger partial charge in [-0.25, -0.2) is 4.79 Å².